The number of pyridine rings is 1. The molecule has 2 aromatic carbocycles. The molecule has 3 aromatic rings. The molecule has 3 rings (SSSR count). The zero-order valence-corrected chi connectivity index (χ0v) is 14.5. The number of hydrogen-bond donors (Lipinski definition) is 0. The van der Waals surface area contributed by atoms with Gasteiger partial charge in [0, 0.05) is 28.6 Å². The average molecular weight is 314 g/mol. The molecule has 0 radical (unpaired) electrons. The minimum absolute atomic E-state index is 0. The van der Waals surface area contributed by atoms with E-state index in [0.717, 1.165) is 11.2 Å². The van der Waals surface area contributed by atoms with Crippen LogP contribution in [-0.4, -0.2) is 4.98 Å². The SMILES string of the molecule is Cc1ccc2cccc(-[c-]3c(C)c(C)c(C)c3C)c2n1.[Cr]. The van der Waals surface area contributed by atoms with Crippen molar-refractivity contribution in [1.29, 1.82) is 0 Å². The molecule has 0 unspecified atom stereocenters. The van der Waals surface area contributed by atoms with Crippen LogP contribution in [-0.2, 0) is 17.4 Å². The molecule has 108 valence electrons. The van der Waals surface area contributed by atoms with Crippen molar-refractivity contribution >= 4 is 10.9 Å². The Bertz CT molecular complexity index is 787. The van der Waals surface area contributed by atoms with Gasteiger partial charge in [-0.15, -0.1) is 28.3 Å². The molecule has 0 amide bonds. The van der Waals surface area contributed by atoms with E-state index in [1.54, 1.807) is 0 Å². The Hall–Kier alpha value is -1.49. The molecule has 1 aromatic heterocycles. The second kappa shape index (κ2) is 5.72. The van der Waals surface area contributed by atoms with E-state index < -0.39 is 0 Å². The van der Waals surface area contributed by atoms with Gasteiger partial charge in [0.2, 0.25) is 0 Å². The maximum atomic E-state index is 4.77. The van der Waals surface area contributed by atoms with Crippen LogP contribution in [0.4, 0.5) is 0 Å². The van der Waals surface area contributed by atoms with Crippen molar-refractivity contribution in [1.82, 2.24) is 4.98 Å². The standard InChI is InChI=1S/C19H20N.Cr/c1-11-9-10-16-7-6-8-17(19(16)20-11)18-14(4)12(2)13(3)15(18)5;/h6-10H,1-5H3;/q-1;. The van der Waals surface area contributed by atoms with Gasteiger partial charge < -0.3 is 0 Å². The number of fused-ring (bicyclic) bond motifs is 1. The summed E-state index contributed by atoms with van der Waals surface area (Å²) in [5.41, 5.74) is 10.4. The summed E-state index contributed by atoms with van der Waals surface area (Å²) < 4.78 is 0. The van der Waals surface area contributed by atoms with Crippen LogP contribution in [0.5, 0.6) is 0 Å². The predicted molar refractivity (Wildman–Crippen MR) is 86.5 cm³/mol. The van der Waals surface area contributed by atoms with Gasteiger partial charge in [0.25, 0.3) is 0 Å². The first-order chi connectivity index (χ1) is 9.50. The zero-order chi connectivity index (χ0) is 14.4. The Morgan fingerprint density at radius 3 is 2.05 bits per heavy atom. The van der Waals surface area contributed by atoms with Gasteiger partial charge in [-0.25, -0.2) is 0 Å². The van der Waals surface area contributed by atoms with E-state index >= 15 is 0 Å². The van der Waals surface area contributed by atoms with Crippen molar-refractivity contribution in [3.63, 3.8) is 0 Å². The van der Waals surface area contributed by atoms with Gasteiger partial charge in [0.15, 0.2) is 0 Å². The molecule has 1 heterocycles. The van der Waals surface area contributed by atoms with Gasteiger partial charge in [-0.05, 0) is 18.4 Å². The van der Waals surface area contributed by atoms with Crippen LogP contribution >= 0.6 is 0 Å². The Morgan fingerprint density at radius 1 is 0.810 bits per heavy atom. The van der Waals surface area contributed by atoms with E-state index in [1.165, 1.54) is 38.8 Å². The van der Waals surface area contributed by atoms with E-state index in [-0.39, 0.29) is 17.4 Å². The Balaban J connectivity index is 0.00000161. The van der Waals surface area contributed by atoms with Crippen LogP contribution < -0.4 is 0 Å². The third-order valence-electron chi connectivity index (χ3n) is 4.57. The number of benzene rings is 1. The molecule has 0 saturated carbocycles. The largest absolute Gasteiger partial charge is 0.291 e. The molecule has 0 aliphatic carbocycles. The number of nitrogens with zero attached hydrogens (tertiary/aromatic N) is 1. The fraction of sp³-hybridized carbons (Fsp3) is 0.263. The molecule has 1 nitrogen and oxygen atoms in total. The van der Waals surface area contributed by atoms with Gasteiger partial charge in [-0.3, -0.25) is 4.98 Å². The summed E-state index contributed by atoms with van der Waals surface area (Å²) in [5, 5.41) is 1.21. The van der Waals surface area contributed by atoms with E-state index in [1.807, 2.05) is 0 Å². The molecule has 0 aliphatic heterocycles. The smallest absolute Gasteiger partial charge is 0.0288 e. The number of rotatable bonds is 1. The quantitative estimate of drug-likeness (QED) is 0.565. The second-order valence-electron chi connectivity index (χ2n) is 5.70. The van der Waals surface area contributed by atoms with Gasteiger partial charge in [0.1, 0.15) is 0 Å². The van der Waals surface area contributed by atoms with Crippen LogP contribution in [0.2, 0.25) is 0 Å². The number of aromatic nitrogens is 1. The summed E-state index contributed by atoms with van der Waals surface area (Å²) >= 11 is 0. The van der Waals surface area contributed by atoms with Gasteiger partial charge in [-0.2, -0.15) is 0 Å². The molecule has 0 aliphatic rings. The summed E-state index contributed by atoms with van der Waals surface area (Å²) in [7, 11) is 0. The summed E-state index contributed by atoms with van der Waals surface area (Å²) in [5.74, 6) is 0. The molecule has 0 bridgehead atoms. The topological polar surface area (TPSA) is 12.9 Å². The zero-order valence-electron chi connectivity index (χ0n) is 13.2. The number of aryl methyl sites for hydroxylation is 1. The van der Waals surface area contributed by atoms with E-state index in [0.29, 0.717) is 0 Å². The Kier molecular flexibility index (Phi) is 4.33. The van der Waals surface area contributed by atoms with Crippen LogP contribution in [0.1, 0.15) is 27.9 Å². The Labute approximate surface area is 137 Å². The Morgan fingerprint density at radius 2 is 1.43 bits per heavy atom. The third-order valence-corrected chi connectivity index (χ3v) is 4.57. The molecule has 0 saturated heterocycles. The van der Waals surface area contributed by atoms with Crippen LogP contribution in [0.3, 0.4) is 0 Å². The normalized spacial score (nSPS) is 10.7. The monoisotopic (exact) mass is 314 g/mol. The molecule has 0 atom stereocenters. The molecule has 2 heteroatoms. The van der Waals surface area contributed by atoms with Crippen molar-refractivity contribution in [3.8, 4) is 11.1 Å². The summed E-state index contributed by atoms with van der Waals surface area (Å²) in [6.45, 7) is 10.9. The molecular formula is C19H20CrN-. The molecule has 0 spiro atoms. The van der Waals surface area contributed by atoms with Gasteiger partial charge >= 0.3 is 0 Å². The van der Waals surface area contributed by atoms with Gasteiger partial charge in [0.05, 0.1) is 0 Å². The molecule has 21 heavy (non-hydrogen) atoms. The summed E-state index contributed by atoms with van der Waals surface area (Å²) in [4.78, 5) is 4.77. The first kappa shape index (κ1) is 15.9. The third kappa shape index (κ3) is 2.44. The minimum Gasteiger partial charge on any atom is -0.291 e. The predicted octanol–water partition coefficient (Wildman–Crippen LogP) is 5.16. The van der Waals surface area contributed by atoms with Crippen molar-refractivity contribution in [2.75, 3.05) is 0 Å². The van der Waals surface area contributed by atoms with Crippen molar-refractivity contribution in [3.05, 3.63) is 58.3 Å². The first-order valence-corrected chi connectivity index (χ1v) is 7.10. The fourth-order valence-corrected chi connectivity index (χ4v) is 3.07. The van der Waals surface area contributed by atoms with E-state index in [2.05, 4.69) is 65.0 Å². The minimum atomic E-state index is 0. The summed E-state index contributed by atoms with van der Waals surface area (Å²) in [6, 6.07) is 10.7. The van der Waals surface area contributed by atoms with E-state index in [4.69, 9.17) is 4.98 Å². The average Bonchev–Trinajstić information content (AvgIpc) is 2.63. The number of hydrogen-bond acceptors (Lipinski definition) is 1. The molecular weight excluding hydrogens is 294 g/mol. The maximum absolute atomic E-state index is 4.77. The van der Waals surface area contributed by atoms with Crippen molar-refractivity contribution < 1.29 is 17.4 Å². The first-order valence-electron chi connectivity index (χ1n) is 7.10. The number of para-hydroxylation sites is 1. The fourth-order valence-electron chi connectivity index (χ4n) is 3.07. The van der Waals surface area contributed by atoms with E-state index in [9.17, 15) is 0 Å². The molecule has 0 N–H and O–H groups in total. The van der Waals surface area contributed by atoms with Crippen molar-refractivity contribution in [2.45, 2.75) is 34.6 Å². The van der Waals surface area contributed by atoms with Crippen LogP contribution in [0.15, 0.2) is 30.3 Å². The van der Waals surface area contributed by atoms with Crippen LogP contribution in [0.25, 0.3) is 22.0 Å². The van der Waals surface area contributed by atoms with Crippen LogP contribution in [0, 0.1) is 34.6 Å². The second-order valence-corrected chi connectivity index (χ2v) is 5.70. The summed E-state index contributed by atoms with van der Waals surface area (Å²) in [6.07, 6.45) is 0. The van der Waals surface area contributed by atoms with Crippen molar-refractivity contribution in [2.24, 2.45) is 0 Å². The van der Waals surface area contributed by atoms with Gasteiger partial charge in [-0.1, -0.05) is 57.0 Å². The molecule has 0 fully saturated rings. The maximum Gasteiger partial charge on any atom is 0.0288 e.